The smallest absolute Gasteiger partial charge is 0.161 e. The molecule has 0 amide bonds. The van der Waals surface area contributed by atoms with Crippen molar-refractivity contribution >= 4 is 5.69 Å². The Hall–Kier alpha value is -2.75. The van der Waals surface area contributed by atoms with Crippen molar-refractivity contribution in [1.29, 1.82) is 5.26 Å². The second kappa shape index (κ2) is 9.01. The van der Waals surface area contributed by atoms with Crippen molar-refractivity contribution in [3.8, 4) is 28.7 Å². The van der Waals surface area contributed by atoms with E-state index >= 15 is 0 Å². The van der Waals surface area contributed by atoms with E-state index in [-0.39, 0.29) is 6.61 Å². The predicted molar refractivity (Wildman–Crippen MR) is 124 cm³/mol. The number of rotatable bonds is 4. The topological polar surface area (TPSA) is 69.0 Å². The molecule has 0 bridgehead atoms. The fourth-order valence-electron chi connectivity index (χ4n) is 5.46. The number of aliphatic hydroxyl groups is 1. The third-order valence-electron chi connectivity index (χ3n) is 7.36. The summed E-state index contributed by atoms with van der Waals surface area (Å²) in [7, 11) is 0. The van der Waals surface area contributed by atoms with Crippen molar-refractivity contribution in [3.05, 3.63) is 42.0 Å². The molecule has 2 aromatic carbocycles. The summed E-state index contributed by atoms with van der Waals surface area (Å²) in [5.74, 6) is 2.47. The standard InChI is InChI=1S/C26H31N3O3/c1-18-15-29(16-20(18)17-30)21-7-9-28(10-8-21)24-4-2-3-22(23(24)14-27)19-5-6-25-26(13-19)32-12-11-31-25/h2-6,13,18,20-21,30H,7-12,15-17H2,1H3/t18-,20+/m1/s1. The Bertz CT molecular complexity index is 1010. The third kappa shape index (κ3) is 3.92. The molecule has 0 unspecified atom stereocenters. The fraction of sp³-hybridized carbons (Fsp3) is 0.500. The molecule has 6 heteroatoms. The van der Waals surface area contributed by atoms with Gasteiger partial charge in [0, 0.05) is 44.4 Å². The van der Waals surface area contributed by atoms with Gasteiger partial charge in [0.25, 0.3) is 0 Å². The largest absolute Gasteiger partial charge is 0.486 e. The third-order valence-corrected chi connectivity index (χ3v) is 7.36. The molecule has 2 saturated heterocycles. The molecule has 5 rings (SSSR count). The van der Waals surface area contributed by atoms with Gasteiger partial charge in [0.05, 0.1) is 11.3 Å². The summed E-state index contributed by atoms with van der Waals surface area (Å²) in [6.07, 6.45) is 2.17. The molecule has 3 aliphatic heterocycles. The Morgan fingerprint density at radius 3 is 2.56 bits per heavy atom. The van der Waals surface area contributed by atoms with Crippen molar-refractivity contribution in [2.75, 3.05) is 50.9 Å². The number of hydrogen-bond acceptors (Lipinski definition) is 6. The van der Waals surface area contributed by atoms with E-state index in [0.29, 0.717) is 31.1 Å². The molecule has 1 N–H and O–H groups in total. The van der Waals surface area contributed by atoms with Crippen molar-refractivity contribution in [2.45, 2.75) is 25.8 Å². The number of nitriles is 1. The number of fused-ring (bicyclic) bond motifs is 1. The van der Waals surface area contributed by atoms with Crippen LogP contribution in [0.15, 0.2) is 36.4 Å². The second-order valence-electron chi connectivity index (χ2n) is 9.26. The lowest BCUT2D eigenvalue weighted by Crippen LogP contribution is -2.44. The minimum atomic E-state index is 0.286. The van der Waals surface area contributed by atoms with Crippen LogP contribution in [-0.2, 0) is 0 Å². The van der Waals surface area contributed by atoms with E-state index in [0.717, 1.165) is 72.9 Å². The minimum absolute atomic E-state index is 0.286. The van der Waals surface area contributed by atoms with Crippen LogP contribution in [0.25, 0.3) is 11.1 Å². The summed E-state index contributed by atoms with van der Waals surface area (Å²) in [6, 6.07) is 15.1. The van der Waals surface area contributed by atoms with E-state index in [9.17, 15) is 10.4 Å². The molecule has 32 heavy (non-hydrogen) atoms. The maximum absolute atomic E-state index is 10.1. The van der Waals surface area contributed by atoms with Crippen molar-refractivity contribution in [1.82, 2.24) is 4.90 Å². The van der Waals surface area contributed by atoms with Crippen molar-refractivity contribution < 1.29 is 14.6 Å². The fourth-order valence-corrected chi connectivity index (χ4v) is 5.46. The maximum atomic E-state index is 10.1. The highest BCUT2D eigenvalue weighted by molar-refractivity contribution is 5.79. The van der Waals surface area contributed by atoms with Crippen LogP contribution in [0.1, 0.15) is 25.3 Å². The molecular weight excluding hydrogens is 402 g/mol. The molecule has 6 nitrogen and oxygen atoms in total. The van der Waals surface area contributed by atoms with E-state index in [1.165, 1.54) is 0 Å². The van der Waals surface area contributed by atoms with Crippen LogP contribution >= 0.6 is 0 Å². The molecule has 2 fully saturated rings. The van der Waals surface area contributed by atoms with E-state index in [1.807, 2.05) is 30.3 Å². The lowest BCUT2D eigenvalue weighted by molar-refractivity contribution is 0.171. The first-order valence-electron chi connectivity index (χ1n) is 11.7. The molecule has 2 aromatic rings. The highest BCUT2D eigenvalue weighted by atomic mass is 16.6. The van der Waals surface area contributed by atoms with E-state index in [2.05, 4.69) is 28.9 Å². The average molecular weight is 434 g/mol. The summed E-state index contributed by atoms with van der Waals surface area (Å²) >= 11 is 0. The molecule has 0 saturated carbocycles. The molecule has 2 atom stereocenters. The number of ether oxygens (including phenoxy) is 2. The Kier molecular flexibility index (Phi) is 5.95. The Morgan fingerprint density at radius 2 is 1.84 bits per heavy atom. The highest BCUT2D eigenvalue weighted by Gasteiger charge is 2.35. The van der Waals surface area contributed by atoms with E-state index in [1.54, 1.807) is 0 Å². The zero-order valence-electron chi connectivity index (χ0n) is 18.7. The average Bonchev–Trinajstić information content (AvgIpc) is 3.24. The Balaban J connectivity index is 1.34. The van der Waals surface area contributed by atoms with Crippen LogP contribution in [0.2, 0.25) is 0 Å². The summed E-state index contributed by atoms with van der Waals surface area (Å²) < 4.78 is 11.4. The van der Waals surface area contributed by atoms with Crippen LogP contribution < -0.4 is 14.4 Å². The van der Waals surface area contributed by atoms with Crippen LogP contribution in [0.5, 0.6) is 11.5 Å². The predicted octanol–water partition coefficient (Wildman–Crippen LogP) is 3.53. The van der Waals surface area contributed by atoms with Crippen LogP contribution in [-0.4, -0.2) is 62.0 Å². The highest BCUT2D eigenvalue weighted by Crippen LogP contribution is 2.38. The number of aliphatic hydroxyl groups excluding tert-OH is 1. The normalized spacial score (nSPS) is 23.8. The van der Waals surface area contributed by atoms with Crippen LogP contribution in [0.3, 0.4) is 0 Å². The maximum Gasteiger partial charge on any atom is 0.161 e. The van der Waals surface area contributed by atoms with Gasteiger partial charge in [-0.05, 0) is 48.4 Å². The zero-order chi connectivity index (χ0) is 22.1. The quantitative estimate of drug-likeness (QED) is 0.796. The molecule has 0 spiro atoms. The molecule has 0 aromatic heterocycles. The minimum Gasteiger partial charge on any atom is -0.486 e. The first-order chi connectivity index (χ1) is 15.7. The van der Waals surface area contributed by atoms with Crippen LogP contribution in [0.4, 0.5) is 5.69 Å². The molecule has 3 aliphatic rings. The van der Waals surface area contributed by atoms with Crippen molar-refractivity contribution in [2.24, 2.45) is 11.8 Å². The number of hydrogen-bond donors (Lipinski definition) is 1. The zero-order valence-corrected chi connectivity index (χ0v) is 18.7. The molecule has 0 aliphatic carbocycles. The number of likely N-dealkylation sites (tertiary alicyclic amines) is 1. The van der Waals surface area contributed by atoms with Crippen molar-refractivity contribution in [3.63, 3.8) is 0 Å². The van der Waals surface area contributed by atoms with Crippen LogP contribution in [0, 0.1) is 23.2 Å². The van der Waals surface area contributed by atoms with Gasteiger partial charge in [0.15, 0.2) is 11.5 Å². The lowest BCUT2D eigenvalue weighted by atomic mass is 9.96. The van der Waals surface area contributed by atoms with Gasteiger partial charge < -0.3 is 19.5 Å². The van der Waals surface area contributed by atoms with E-state index < -0.39 is 0 Å². The molecule has 0 radical (unpaired) electrons. The lowest BCUT2D eigenvalue weighted by Gasteiger charge is -2.38. The monoisotopic (exact) mass is 433 g/mol. The summed E-state index contributed by atoms with van der Waals surface area (Å²) in [5.41, 5.74) is 3.64. The van der Waals surface area contributed by atoms with Gasteiger partial charge in [-0.1, -0.05) is 25.1 Å². The summed E-state index contributed by atoms with van der Waals surface area (Å²) in [5, 5.41) is 19.7. The van der Waals surface area contributed by atoms with Gasteiger partial charge in [0.2, 0.25) is 0 Å². The number of nitrogens with zero attached hydrogens (tertiary/aromatic N) is 3. The summed E-state index contributed by atoms with van der Waals surface area (Å²) in [4.78, 5) is 4.93. The number of piperidine rings is 1. The van der Waals surface area contributed by atoms with Gasteiger partial charge in [-0.2, -0.15) is 5.26 Å². The number of anilines is 1. The van der Waals surface area contributed by atoms with E-state index in [4.69, 9.17) is 9.47 Å². The Morgan fingerprint density at radius 1 is 1.06 bits per heavy atom. The second-order valence-corrected chi connectivity index (χ2v) is 9.26. The SMILES string of the molecule is C[C@@H]1CN(C2CCN(c3cccc(-c4ccc5c(c4)OCCO5)c3C#N)CC2)C[C@H]1CO. The van der Waals surface area contributed by atoms with Gasteiger partial charge in [0.1, 0.15) is 19.3 Å². The molecule has 3 heterocycles. The molecular formula is C26H31N3O3. The van der Waals surface area contributed by atoms with Gasteiger partial charge in [-0.3, -0.25) is 4.90 Å². The van der Waals surface area contributed by atoms with Gasteiger partial charge in [-0.15, -0.1) is 0 Å². The number of benzene rings is 2. The van der Waals surface area contributed by atoms with Gasteiger partial charge >= 0.3 is 0 Å². The summed E-state index contributed by atoms with van der Waals surface area (Å²) in [6.45, 7) is 7.62. The molecule has 168 valence electrons. The first-order valence-corrected chi connectivity index (χ1v) is 11.7. The Labute approximate surface area is 190 Å². The first kappa shape index (κ1) is 21.1. The van der Waals surface area contributed by atoms with Gasteiger partial charge in [-0.25, -0.2) is 0 Å².